The summed E-state index contributed by atoms with van der Waals surface area (Å²) in [5.74, 6) is 0. The quantitative estimate of drug-likeness (QED) is 0.144. The van der Waals surface area contributed by atoms with Crippen LogP contribution in [0.15, 0.2) is 180 Å². The van der Waals surface area contributed by atoms with E-state index in [1.807, 2.05) is 24.4 Å². The van der Waals surface area contributed by atoms with Crippen molar-refractivity contribution >= 4 is 75.3 Å². The molecule has 2 aliphatic rings. The van der Waals surface area contributed by atoms with Crippen LogP contribution in [0.4, 0.5) is 11.4 Å². The number of aromatic amines is 1. The number of nitrogens with one attached hydrogen (secondary N) is 1. The van der Waals surface area contributed by atoms with Crippen molar-refractivity contribution in [1.82, 2.24) is 29.2 Å². The molecule has 12 nitrogen and oxygen atoms in total. The van der Waals surface area contributed by atoms with Gasteiger partial charge in [-0.1, -0.05) is 109 Å². The molecule has 0 atom stereocenters. The van der Waals surface area contributed by atoms with Crippen LogP contribution in [-0.2, 0) is 32.2 Å². The fraction of sp³-hybridized carbons (Fsp3) is 0.208. The van der Waals surface area contributed by atoms with Crippen molar-refractivity contribution in [1.29, 1.82) is 0 Å². The summed E-state index contributed by atoms with van der Waals surface area (Å²) in [6.45, 7) is 10.0. The second-order valence-corrected chi connectivity index (χ2v) is 19.7. The third-order valence-electron chi connectivity index (χ3n) is 11.2. The summed E-state index contributed by atoms with van der Waals surface area (Å²) >= 11 is 0. The van der Waals surface area contributed by atoms with Gasteiger partial charge in [0.1, 0.15) is 0 Å². The third kappa shape index (κ3) is 12.6. The fourth-order valence-electron chi connectivity index (χ4n) is 7.96. The number of hydrogen-bond acceptors (Lipinski definition) is 10. The van der Waals surface area contributed by atoms with Gasteiger partial charge in [-0.15, -0.1) is 12.4 Å². The van der Waals surface area contributed by atoms with Gasteiger partial charge in [0.2, 0.25) is 0 Å². The van der Waals surface area contributed by atoms with Crippen LogP contribution in [0.2, 0.25) is 0 Å². The number of halogens is 2. The summed E-state index contributed by atoms with van der Waals surface area (Å²) in [4.78, 5) is 10.2. The first kappa shape index (κ1) is 49.7. The molecule has 0 bridgehead atoms. The van der Waals surface area contributed by atoms with Crippen molar-refractivity contribution in [3.63, 3.8) is 0 Å². The van der Waals surface area contributed by atoms with Crippen LogP contribution in [0, 0.1) is 0 Å². The normalized spacial score (nSPS) is 14.6. The van der Waals surface area contributed by atoms with E-state index in [-0.39, 0.29) is 53.2 Å². The van der Waals surface area contributed by atoms with E-state index in [1.54, 1.807) is 54.7 Å². The zero-order chi connectivity index (χ0) is 43.7. The van der Waals surface area contributed by atoms with Crippen LogP contribution in [0.1, 0.15) is 12.6 Å². The summed E-state index contributed by atoms with van der Waals surface area (Å²) in [6.07, 6.45) is 3.60. The predicted octanol–water partition coefficient (Wildman–Crippen LogP) is 5.63. The average molecular weight is 962 g/mol. The molecule has 17 heteroatoms. The van der Waals surface area contributed by atoms with Gasteiger partial charge >= 0.3 is 29.6 Å². The van der Waals surface area contributed by atoms with Crippen LogP contribution >= 0.6 is 23.1 Å². The molecule has 10 rings (SSSR count). The number of fused-ring (bicyclic) bond motifs is 2. The summed E-state index contributed by atoms with van der Waals surface area (Å²) in [5, 5.41) is 13.6. The Labute approximate surface area is 415 Å². The molecule has 4 heterocycles. The van der Waals surface area contributed by atoms with Gasteiger partial charge in [0.25, 0.3) is 19.1 Å². The molecule has 6 aromatic carbocycles. The smallest absolute Gasteiger partial charge is 1.00 e. The van der Waals surface area contributed by atoms with Gasteiger partial charge in [-0.25, -0.2) is 8.42 Å². The molecule has 2 saturated heterocycles. The number of H-pyrrole nitrogens is 1. The molecule has 2 aliphatic heterocycles. The van der Waals surface area contributed by atoms with E-state index in [1.165, 1.54) is 34.3 Å². The summed E-state index contributed by atoms with van der Waals surface area (Å²) < 4.78 is 48.5. The van der Waals surface area contributed by atoms with Crippen LogP contribution < -0.4 is 39.4 Å². The molecule has 65 heavy (non-hydrogen) atoms. The van der Waals surface area contributed by atoms with E-state index in [0.29, 0.717) is 5.52 Å². The maximum atomic E-state index is 13.1. The van der Waals surface area contributed by atoms with Crippen molar-refractivity contribution in [2.24, 2.45) is 0 Å². The van der Waals surface area contributed by atoms with Gasteiger partial charge in [0.05, 0.1) is 33.2 Å². The van der Waals surface area contributed by atoms with Crippen LogP contribution in [0.25, 0.3) is 21.8 Å². The van der Waals surface area contributed by atoms with Gasteiger partial charge in [0, 0.05) is 98.3 Å². The van der Waals surface area contributed by atoms with Crippen molar-refractivity contribution in [3.8, 4) is 0 Å². The molecular formula is C48H51Cl2N8NaO4S2. The molecule has 0 spiro atoms. The van der Waals surface area contributed by atoms with E-state index in [4.69, 9.17) is 10.7 Å². The van der Waals surface area contributed by atoms with E-state index in [0.717, 1.165) is 86.1 Å². The first-order chi connectivity index (χ1) is 30.6. The zero-order valence-electron chi connectivity index (χ0n) is 37.1. The van der Waals surface area contributed by atoms with Gasteiger partial charge in [0.15, 0.2) is 0 Å². The Kier molecular flexibility index (Phi) is 17.7. The number of nitrogens with zero attached hydrogens (tertiary/aromatic N) is 7. The monoisotopic (exact) mass is 960 g/mol. The second-order valence-electron chi connectivity index (χ2n) is 15.4. The van der Waals surface area contributed by atoms with Gasteiger partial charge < -0.3 is 11.2 Å². The molecule has 0 saturated carbocycles. The SMILES string of the molecule is Cl.O=S(=O)(Cl)c1ccccc1.O=S(=O)(c1ccccc1)n1ncc2c(N3CCN(Cc4ccccc4)CC3)cccc21.[H-].[Na+].c1ccc(CN2CCN(c3cccc4[nH]ncc34)CC2)cc1. The molecule has 8 aromatic rings. The Hall–Kier alpha value is -4.74. The molecular weight excluding hydrogens is 911 g/mol. The topological polar surface area (TPSA) is 128 Å². The standard InChI is InChI=1S/C24H24N4O2S.C18H20N4.C6H5ClO2S.ClH.Na.H/c29-31(30,21-10-5-2-6-11-21)28-24-13-7-12-23(22(24)18-25-28)27-16-14-26(15-17-27)19-20-8-3-1-4-9-20;1-2-5-15(6-3-1)14-21-9-11-22(12-10-21)18-8-4-7-17-16(18)13-19-20-17;7-10(8,9)6-4-2-1-3-5-6;;;/h1-13,18H,14-17,19H2;1-8,13H,9-12,14H2,(H,19,20);1-5H;1H;;/q;;;;+1;-1. The second kappa shape index (κ2) is 23.1. The Balaban J connectivity index is 0.000000204. The number of benzene rings is 6. The maximum absolute atomic E-state index is 13.1. The molecule has 0 aliphatic carbocycles. The maximum Gasteiger partial charge on any atom is 1.00 e. The van der Waals surface area contributed by atoms with E-state index >= 15 is 0 Å². The van der Waals surface area contributed by atoms with Gasteiger partial charge in [-0.3, -0.25) is 14.9 Å². The number of hydrogen-bond donors (Lipinski definition) is 1. The van der Waals surface area contributed by atoms with E-state index < -0.39 is 19.1 Å². The first-order valence-electron chi connectivity index (χ1n) is 20.9. The number of rotatable bonds is 9. The Morgan fingerprint density at radius 3 is 1.45 bits per heavy atom. The molecule has 2 aromatic heterocycles. The molecule has 2 fully saturated rings. The minimum Gasteiger partial charge on any atom is -1.00 e. The Morgan fingerprint density at radius 1 is 0.523 bits per heavy atom. The number of piperazine rings is 2. The minimum absolute atomic E-state index is 0. The molecule has 1 N–H and O–H groups in total. The summed E-state index contributed by atoms with van der Waals surface area (Å²) in [7, 11) is -2.23. The fourth-order valence-corrected chi connectivity index (χ4v) is 10.0. The van der Waals surface area contributed by atoms with Crippen LogP contribution in [0.5, 0.6) is 0 Å². The predicted molar refractivity (Wildman–Crippen MR) is 261 cm³/mol. The van der Waals surface area contributed by atoms with Crippen LogP contribution in [-0.4, -0.2) is 98.4 Å². The first-order valence-corrected chi connectivity index (χ1v) is 24.6. The summed E-state index contributed by atoms with van der Waals surface area (Å²) in [5.41, 5.74) is 6.77. The molecule has 0 radical (unpaired) electrons. The van der Waals surface area contributed by atoms with Gasteiger partial charge in [-0.05, 0) is 59.7 Å². The average Bonchev–Trinajstić information content (AvgIpc) is 4.00. The summed E-state index contributed by atoms with van der Waals surface area (Å²) in [6, 6.07) is 49.7. The van der Waals surface area contributed by atoms with Crippen molar-refractivity contribution < 1.29 is 47.8 Å². The van der Waals surface area contributed by atoms with Crippen LogP contribution in [0.3, 0.4) is 0 Å². The van der Waals surface area contributed by atoms with Crippen molar-refractivity contribution in [3.05, 3.63) is 181 Å². The third-order valence-corrected chi connectivity index (χ3v) is 14.2. The largest absolute Gasteiger partial charge is 1.00 e. The van der Waals surface area contributed by atoms with Crippen molar-refractivity contribution in [2.75, 3.05) is 62.2 Å². The minimum atomic E-state index is -3.73. The van der Waals surface area contributed by atoms with E-state index in [2.05, 4.69) is 114 Å². The number of anilines is 2. The van der Waals surface area contributed by atoms with Crippen molar-refractivity contribution in [2.45, 2.75) is 22.9 Å². The Morgan fingerprint density at radius 2 is 0.969 bits per heavy atom. The zero-order valence-corrected chi connectivity index (χ0v) is 41.3. The Bertz CT molecular complexity index is 2940. The molecule has 0 unspecified atom stereocenters. The van der Waals surface area contributed by atoms with Gasteiger partial charge in [-0.2, -0.15) is 22.7 Å². The molecule has 0 amide bonds. The molecule has 334 valence electrons. The van der Waals surface area contributed by atoms with E-state index in [9.17, 15) is 16.8 Å². The number of aromatic nitrogens is 4.